The molecule has 0 amide bonds. The van der Waals surface area contributed by atoms with Crippen molar-refractivity contribution in [2.45, 2.75) is 83.2 Å². The van der Waals surface area contributed by atoms with Crippen LogP contribution < -0.4 is 0 Å². The lowest BCUT2D eigenvalue weighted by Crippen LogP contribution is -2.50. The second-order valence-electron chi connectivity index (χ2n) is 8.18. The van der Waals surface area contributed by atoms with Crippen LogP contribution >= 0.6 is 11.8 Å². The maximum Gasteiger partial charge on any atom is 0.165 e. The molecule has 1 aliphatic heterocycles. The Bertz CT molecular complexity index is 715. The predicted molar refractivity (Wildman–Crippen MR) is 111 cm³/mol. The van der Waals surface area contributed by atoms with E-state index >= 15 is 0 Å². The Morgan fingerprint density at radius 3 is 2.62 bits per heavy atom. The maximum atomic E-state index is 11.7. The van der Waals surface area contributed by atoms with E-state index in [0.717, 1.165) is 17.7 Å². The molecule has 3 fully saturated rings. The summed E-state index contributed by atoms with van der Waals surface area (Å²) in [6.07, 6.45) is 11.7. The van der Waals surface area contributed by atoms with Crippen molar-refractivity contribution in [3.63, 3.8) is 0 Å². The molecule has 3 aliphatic rings. The Hall–Kier alpha value is -1.29. The van der Waals surface area contributed by atoms with Gasteiger partial charge in [0.15, 0.2) is 11.0 Å². The van der Waals surface area contributed by atoms with Crippen molar-refractivity contribution in [1.82, 2.24) is 4.90 Å². The standard InChI is InChI=1S/C22H30N2OS/c1-3-17-14-18(16(2)25)10-11-20(17)23-21-24(19-8-4-5-9-19)22(15-26-21)12-6-7-13-22/h10-11,14,19H,3-9,12-13,15H2,1-2H3. The van der Waals surface area contributed by atoms with Crippen LogP contribution in [0, 0.1) is 0 Å². The van der Waals surface area contributed by atoms with Gasteiger partial charge in [-0.3, -0.25) is 4.79 Å². The summed E-state index contributed by atoms with van der Waals surface area (Å²) in [7, 11) is 0. The van der Waals surface area contributed by atoms with Crippen molar-refractivity contribution in [2.24, 2.45) is 4.99 Å². The molecule has 26 heavy (non-hydrogen) atoms. The van der Waals surface area contributed by atoms with Gasteiger partial charge in [-0.1, -0.05) is 44.4 Å². The normalized spacial score (nSPS) is 24.2. The average molecular weight is 371 g/mol. The van der Waals surface area contributed by atoms with Crippen LogP contribution in [0.15, 0.2) is 23.2 Å². The number of aliphatic imine (C=N–C) groups is 1. The molecule has 4 rings (SSSR count). The molecule has 1 heterocycles. The largest absolute Gasteiger partial charge is 0.342 e. The van der Waals surface area contributed by atoms with E-state index in [9.17, 15) is 4.79 Å². The van der Waals surface area contributed by atoms with Gasteiger partial charge in [0.2, 0.25) is 0 Å². The first-order valence-corrected chi connectivity index (χ1v) is 11.3. The summed E-state index contributed by atoms with van der Waals surface area (Å²) in [6, 6.07) is 6.71. The number of amidine groups is 1. The first-order valence-electron chi connectivity index (χ1n) is 10.3. The van der Waals surface area contributed by atoms with E-state index in [4.69, 9.17) is 4.99 Å². The molecule has 0 unspecified atom stereocenters. The number of rotatable bonds is 4. The zero-order valence-corrected chi connectivity index (χ0v) is 16.9. The number of nitrogens with zero attached hydrogens (tertiary/aromatic N) is 2. The summed E-state index contributed by atoms with van der Waals surface area (Å²) in [6.45, 7) is 3.79. The van der Waals surface area contributed by atoms with Gasteiger partial charge in [0.05, 0.1) is 11.2 Å². The van der Waals surface area contributed by atoms with Crippen LogP contribution in [0.3, 0.4) is 0 Å². The minimum atomic E-state index is 0.131. The Morgan fingerprint density at radius 2 is 1.96 bits per heavy atom. The molecular weight excluding hydrogens is 340 g/mol. The lowest BCUT2D eigenvalue weighted by molar-refractivity contribution is 0.101. The van der Waals surface area contributed by atoms with E-state index in [2.05, 4.69) is 17.9 Å². The van der Waals surface area contributed by atoms with Crippen molar-refractivity contribution in [2.75, 3.05) is 5.75 Å². The molecule has 0 bridgehead atoms. The number of thioether (sulfide) groups is 1. The highest BCUT2D eigenvalue weighted by Gasteiger charge is 2.49. The van der Waals surface area contributed by atoms with Crippen LogP contribution in [0.4, 0.5) is 5.69 Å². The summed E-state index contributed by atoms with van der Waals surface area (Å²) >= 11 is 1.97. The molecule has 140 valence electrons. The van der Waals surface area contributed by atoms with Crippen molar-refractivity contribution in [3.05, 3.63) is 29.3 Å². The number of hydrogen-bond acceptors (Lipinski definition) is 3. The molecule has 0 radical (unpaired) electrons. The van der Waals surface area contributed by atoms with Crippen molar-refractivity contribution in [1.29, 1.82) is 0 Å². The summed E-state index contributed by atoms with van der Waals surface area (Å²) < 4.78 is 0. The van der Waals surface area contributed by atoms with Gasteiger partial charge in [0.25, 0.3) is 0 Å². The van der Waals surface area contributed by atoms with Crippen molar-refractivity contribution in [3.8, 4) is 0 Å². The van der Waals surface area contributed by atoms with Gasteiger partial charge in [0, 0.05) is 17.4 Å². The molecule has 3 nitrogen and oxygen atoms in total. The highest BCUT2D eigenvalue weighted by Crippen LogP contribution is 2.48. The summed E-state index contributed by atoms with van der Waals surface area (Å²) in [5.74, 6) is 1.33. The average Bonchev–Trinajstić information content (AvgIpc) is 3.38. The van der Waals surface area contributed by atoms with Gasteiger partial charge in [-0.25, -0.2) is 4.99 Å². The predicted octanol–water partition coefficient (Wildman–Crippen LogP) is 5.74. The molecule has 0 N–H and O–H groups in total. The first-order chi connectivity index (χ1) is 12.6. The fourth-order valence-electron chi connectivity index (χ4n) is 5.05. The zero-order valence-electron chi connectivity index (χ0n) is 16.1. The van der Waals surface area contributed by atoms with Gasteiger partial charge in [0.1, 0.15) is 0 Å². The van der Waals surface area contributed by atoms with Crippen LogP contribution in [0.1, 0.15) is 81.1 Å². The molecule has 4 heteroatoms. The van der Waals surface area contributed by atoms with Gasteiger partial charge in [-0.05, 0) is 62.8 Å². The van der Waals surface area contributed by atoms with E-state index in [1.54, 1.807) is 6.92 Å². The zero-order chi connectivity index (χ0) is 18.1. The van der Waals surface area contributed by atoms with Crippen molar-refractivity contribution < 1.29 is 4.79 Å². The quantitative estimate of drug-likeness (QED) is 0.633. The smallest absolute Gasteiger partial charge is 0.165 e. The third-order valence-corrected chi connectivity index (χ3v) is 7.72. The van der Waals surface area contributed by atoms with E-state index in [1.165, 1.54) is 67.9 Å². The minimum Gasteiger partial charge on any atom is -0.342 e. The Labute approximate surface area is 161 Å². The Morgan fingerprint density at radius 1 is 1.23 bits per heavy atom. The van der Waals surface area contributed by atoms with Crippen LogP contribution in [0.2, 0.25) is 0 Å². The van der Waals surface area contributed by atoms with Crippen LogP contribution in [-0.4, -0.2) is 33.2 Å². The van der Waals surface area contributed by atoms with Gasteiger partial charge in [-0.2, -0.15) is 0 Å². The lowest BCUT2D eigenvalue weighted by atomic mass is 9.95. The molecule has 1 aromatic rings. The van der Waals surface area contributed by atoms with E-state index in [1.807, 2.05) is 23.9 Å². The Balaban J connectivity index is 1.70. The SMILES string of the molecule is CCc1cc(C(C)=O)ccc1N=C1SCC2(CCCC2)N1C1CCCC1. The second-order valence-corrected chi connectivity index (χ2v) is 9.12. The van der Waals surface area contributed by atoms with Crippen LogP contribution in [-0.2, 0) is 6.42 Å². The van der Waals surface area contributed by atoms with Gasteiger partial charge in [-0.15, -0.1) is 0 Å². The third kappa shape index (κ3) is 3.21. The highest BCUT2D eigenvalue weighted by molar-refractivity contribution is 8.14. The number of aryl methyl sites for hydroxylation is 1. The summed E-state index contributed by atoms with van der Waals surface area (Å²) in [5, 5.41) is 1.24. The lowest BCUT2D eigenvalue weighted by Gasteiger charge is -2.40. The number of hydrogen-bond donors (Lipinski definition) is 0. The highest BCUT2D eigenvalue weighted by atomic mass is 32.2. The second kappa shape index (κ2) is 7.38. The molecule has 0 atom stereocenters. The summed E-state index contributed by atoms with van der Waals surface area (Å²) in [5.41, 5.74) is 3.40. The molecular formula is C22H30N2OS. The first kappa shape index (κ1) is 18.1. The number of Topliss-reactive ketones (excluding diaryl/α,β-unsaturated/α-hetero) is 1. The number of benzene rings is 1. The molecule has 0 aromatic heterocycles. The molecule has 2 aliphatic carbocycles. The third-order valence-electron chi connectivity index (χ3n) is 6.49. The minimum absolute atomic E-state index is 0.131. The number of ketones is 1. The fraction of sp³-hybridized carbons (Fsp3) is 0.636. The number of carbonyl (C=O) groups is 1. The molecule has 2 saturated carbocycles. The molecule has 1 aromatic carbocycles. The molecule has 1 saturated heterocycles. The van der Waals surface area contributed by atoms with Crippen molar-refractivity contribution >= 4 is 28.4 Å². The van der Waals surface area contributed by atoms with Crippen LogP contribution in [0.5, 0.6) is 0 Å². The number of carbonyl (C=O) groups excluding carboxylic acids is 1. The molecule has 1 spiro atoms. The van der Waals surface area contributed by atoms with Gasteiger partial charge >= 0.3 is 0 Å². The van der Waals surface area contributed by atoms with Crippen LogP contribution in [0.25, 0.3) is 0 Å². The van der Waals surface area contributed by atoms with Gasteiger partial charge < -0.3 is 4.90 Å². The van der Waals surface area contributed by atoms with E-state index in [0.29, 0.717) is 11.6 Å². The Kier molecular flexibility index (Phi) is 5.13. The van der Waals surface area contributed by atoms with E-state index < -0.39 is 0 Å². The topological polar surface area (TPSA) is 32.7 Å². The summed E-state index contributed by atoms with van der Waals surface area (Å²) in [4.78, 5) is 19.6. The monoisotopic (exact) mass is 370 g/mol. The van der Waals surface area contributed by atoms with E-state index in [-0.39, 0.29) is 5.78 Å². The fourth-order valence-corrected chi connectivity index (χ4v) is 6.52. The maximum absolute atomic E-state index is 11.7.